The molecule has 2 nitrogen and oxygen atoms in total. The average molecular weight is 220 g/mol. The Balaban J connectivity index is 2.63. The lowest BCUT2D eigenvalue weighted by atomic mass is 9.89. The molecule has 2 rings (SSSR count). The van der Waals surface area contributed by atoms with Gasteiger partial charge in [0.25, 0.3) is 0 Å². The van der Waals surface area contributed by atoms with Crippen LogP contribution in [0.25, 0.3) is 0 Å². The van der Waals surface area contributed by atoms with Crippen LogP contribution >= 0.6 is 0 Å². The van der Waals surface area contributed by atoms with E-state index in [0.717, 1.165) is 23.3 Å². The topological polar surface area (TPSA) is 29.5 Å². The Morgan fingerprint density at radius 3 is 2.56 bits per heavy atom. The molecule has 1 aromatic carbocycles. The molecule has 0 unspecified atom stereocenters. The van der Waals surface area contributed by atoms with Crippen LogP contribution in [0.2, 0.25) is 0 Å². The summed E-state index contributed by atoms with van der Waals surface area (Å²) in [7, 11) is 0. The Hall–Kier alpha value is -1.18. The fraction of sp³-hybridized carbons (Fsp3) is 0.571. The van der Waals surface area contributed by atoms with Crippen molar-refractivity contribution in [3.05, 3.63) is 22.8 Å². The molecule has 0 saturated heterocycles. The third-order valence-electron chi connectivity index (χ3n) is 3.16. The number of rotatable bonds is 1. The molecular formula is C14H20O2. The minimum absolute atomic E-state index is 0.147. The third kappa shape index (κ3) is 1.66. The van der Waals surface area contributed by atoms with Gasteiger partial charge in [0.15, 0.2) is 0 Å². The normalized spacial score (nSPS) is 17.4. The molecule has 1 aliphatic rings. The van der Waals surface area contributed by atoms with Crippen molar-refractivity contribution in [1.82, 2.24) is 0 Å². The van der Waals surface area contributed by atoms with E-state index in [1.54, 1.807) is 0 Å². The molecule has 0 aliphatic carbocycles. The highest BCUT2D eigenvalue weighted by molar-refractivity contribution is 5.56. The highest BCUT2D eigenvalue weighted by Crippen LogP contribution is 2.44. The Kier molecular flexibility index (Phi) is 2.41. The van der Waals surface area contributed by atoms with Crippen LogP contribution in [0, 0.1) is 6.92 Å². The van der Waals surface area contributed by atoms with E-state index < -0.39 is 0 Å². The maximum absolute atomic E-state index is 10.1. The van der Waals surface area contributed by atoms with E-state index >= 15 is 0 Å². The van der Waals surface area contributed by atoms with Crippen molar-refractivity contribution in [1.29, 1.82) is 0 Å². The predicted molar refractivity (Wildman–Crippen MR) is 65.3 cm³/mol. The first-order chi connectivity index (χ1) is 7.32. The first kappa shape index (κ1) is 11.3. The molecule has 0 atom stereocenters. The van der Waals surface area contributed by atoms with Crippen LogP contribution in [0.3, 0.4) is 0 Å². The lowest BCUT2D eigenvalue weighted by Gasteiger charge is -2.16. The van der Waals surface area contributed by atoms with Crippen LogP contribution in [0.4, 0.5) is 0 Å². The zero-order valence-corrected chi connectivity index (χ0v) is 10.7. The second-order valence-electron chi connectivity index (χ2n) is 5.63. The number of phenols is 1. The maximum Gasteiger partial charge on any atom is 0.124 e. The predicted octanol–water partition coefficient (Wildman–Crippen LogP) is 3.54. The summed E-state index contributed by atoms with van der Waals surface area (Å²) < 4.78 is 5.91. The summed E-state index contributed by atoms with van der Waals surface area (Å²) >= 11 is 0. The Labute approximate surface area is 97.3 Å². The molecule has 1 N–H and O–H groups in total. The summed E-state index contributed by atoms with van der Waals surface area (Å²) in [6.07, 6.45) is 0.879. The summed E-state index contributed by atoms with van der Waals surface area (Å²) in [5, 5.41) is 10.1. The number of fused-ring (bicyclic) bond motifs is 1. The average Bonchev–Trinajstić information content (AvgIpc) is 2.40. The van der Waals surface area contributed by atoms with Crippen LogP contribution in [-0.4, -0.2) is 10.7 Å². The zero-order valence-electron chi connectivity index (χ0n) is 10.7. The van der Waals surface area contributed by atoms with E-state index in [0.29, 0.717) is 11.7 Å². The maximum atomic E-state index is 10.1. The van der Waals surface area contributed by atoms with Gasteiger partial charge in [0.2, 0.25) is 0 Å². The summed E-state index contributed by atoms with van der Waals surface area (Å²) in [6.45, 7) is 10.3. The third-order valence-corrected chi connectivity index (χ3v) is 3.16. The van der Waals surface area contributed by atoms with Crippen molar-refractivity contribution in [3.63, 3.8) is 0 Å². The molecule has 0 aromatic heterocycles. The Morgan fingerprint density at radius 2 is 2.00 bits per heavy atom. The number of aryl methyl sites for hydroxylation is 1. The van der Waals surface area contributed by atoms with Gasteiger partial charge in [-0.2, -0.15) is 0 Å². The van der Waals surface area contributed by atoms with Gasteiger partial charge in [-0.05, 0) is 38.3 Å². The number of hydrogen-bond donors (Lipinski definition) is 1. The Morgan fingerprint density at radius 1 is 1.38 bits per heavy atom. The molecule has 88 valence electrons. The SMILES string of the molecule is Cc1cc2c(c(C(C)C)c1O)CC(C)(C)O2. The molecule has 0 bridgehead atoms. The molecule has 2 heteroatoms. The van der Waals surface area contributed by atoms with Gasteiger partial charge in [0.1, 0.15) is 17.1 Å². The van der Waals surface area contributed by atoms with Crippen molar-refractivity contribution in [2.75, 3.05) is 0 Å². The fourth-order valence-corrected chi connectivity index (χ4v) is 2.49. The molecule has 0 radical (unpaired) electrons. The number of benzene rings is 1. The number of ether oxygens (including phenoxy) is 1. The molecule has 0 saturated carbocycles. The molecular weight excluding hydrogens is 200 g/mol. The van der Waals surface area contributed by atoms with Gasteiger partial charge in [-0.25, -0.2) is 0 Å². The highest BCUT2D eigenvalue weighted by atomic mass is 16.5. The van der Waals surface area contributed by atoms with Crippen LogP contribution in [0.5, 0.6) is 11.5 Å². The van der Waals surface area contributed by atoms with Gasteiger partial charge in [-0.3, -0.25) is 0 Å². The van der Waals surface area contributed by atoms with Crippen LogP contribution in [0.1, 0.15) is 50.3 Å². The standard InChI is InChI=1S/C14H20O2/c1-8(2)12-10-7-14(4,5)16-11(10)6-9(3)13(12)15/h6,8,15H,7H2,1-5H3. The first-order valence-electron chi connectivity index (χ1n) is 5.86. The van der Waals surface area contributed by atoms with E-state index in [9.17, 15) is 5.11 Å². The highest BCUT2D eigenvalue weighted by Gasteiger charge is 2.34. The monoisotopic (exact) mass is 220 g/mol. The van der Waals surface area contributed by atoms with Crippen molar-refractivity contribution < 1.29 is 9.84 Å². The Bertz CT molecular complexity index is 431. The van der Waals surface area contributed by atoms with Gasteiger partial charge in [0, 0.05) is 17.5 Å². The minimum Gasteiger partial charge on any atom is -0.507 e. The molecule has 0 spiro atoms. The van der Waals surface area contributed by atoms with E-state index in [1.165, 1.54) is 5.56 Å². The molecule has 1 heterocycles. The van der Waals surface area contributed by atoms with Gasteiger partial charge in [0.05, 0.1) is 0 Å². The van der Waals surface area contributed by atoms with Crippen molar-refractivity contribution in [2.45, 2.75) is 52.6 Å². The quantitative estimate of drug-likeness (QED) is 0.784. The number of aromatic hydroxyl groups is 1. The van der Waals surface area contributed by atoms with Crippen molar-refractivity contribution in [2.24, 2.45) is 0 Å². The van der Waals surface area contributed by atoms with Crippen molar-refractivity contribution in [3.8, 4) is 11.5 Å². The second-order valence-corrected chi connectivity index (χ2v) is 5.63. The van der Waals surface area contributed by atoms with E-state index in [-0.39, 0.29) is 5.60 Å². The van der Waals surface area contributed by atoms with Gasteiger partial charge >= 0.3 is 0 Å². The smallest absolute Gasteiger partial charge is 0.124 e. The van der Waals surface area contributed by atoms with Crippen LogP contribution in [0.15, 0.2) is 6.07 Å². The largest absolute Gasteiger partial charge is 0.507 e. The number of phenolic OH excluding ortho intramolecular Hbond substituents is 1. The lowest BCUT2D eigenvalue weighted by Crippen LogP contribution is -2.24. The summed E-state index contributed by atoms with van der Waals surface area (Å²) in [4.78, 5) is 0. The van der Waals surface area contributed by atoms with Crippen molar-refractivity contribution >= 4 is 0 Å². The van der Waals surface area contributed by atoms with E-state index in [4.69, 9.17) is 4.74 Å². The second kappa shape index (κ2) is 3.41. The van der Waals surface area contributed by atoms with Crippen LogP contribution in [-0.2, 0) is 6.42 Å². The fourth-order valence-electron chi connectivity index (χ4n) is 2.49. The van der Waals surface area contributed by atoms with Gasteiger partial charge in [-0.1, -0.05) is 13.8 Å². The van der Waals surface area contributed by atoms with E-state index in [1.807, 2.05) is 13.0 Å². The van der Waals surface area contributed by atoms with Gasteiger partial charge in [-0.15, -0.1) is 0 Å². The molecule has 0 amide bonds. The molecule has 1 aromatic rings. The number of hydrogen-bond acceptors (Lipinski definition) is 2. The summed E-state index contributed by atoms with van der Waals surface area (Å²) in [6, 6.07) is 1.95. The zero-order chi connectivity index (χ0) is 12.1. The molecule has 16 heavy (non-hydrogen) atoms. The molecule has 0 fully saturated rings. The lowest BCUT2D eigenvalue weighted by molar-refractivity contribution is 0.138. The van der Waals surface area contributed by atoms with Gasteiger partial charge < -0.3 is 9.84 Å². The van der Waals surface area contributed by atoms with E-state index in [2.05, 4.69) is 27.7 Å². The van der Waals surface area contributed by atoms with Crippen LogP contribution < -0.4 is 4.74 Å². The summed E-state index contributed by atoms with van der Waals surface area (Å²) in [5.74, 6) is 1.71. The minimum atomic E-state index is -0.147. The summed E-state index contributed by atoms with van der Waals surface area (Å²) in [5.41, 5.74) is 3.00. The molecule has 1 aliphatic heterocycles. The first-order valence-corrected chi connectivity index (χ1v) is 5.86.